The molecule has 36 heavy (non-hydrogen) atoms. The summed E-state index contributed by atoms with van der Waals surface area (Å²) in [5.41, 5.74) is 5.36. The number of aromatic nitrogens is 4. The molecule has 180 valence electrons. The van der Waals surface area contributed by atoms with Crippen LogP contribution in [0.15, 0.2) is 79.3 Å². The van der Waals surface area contributed by atoms with Crippen LogP contribution >= 0.6 is 0 Å². The molecule has 3 aromatic heterocycles. The molecule has 5 nitrogen and oxygen atoms in total. The molecule has 0 unspecified atom stereocenters. The second-order valence-electron chi connectivity index (χ2n) is 9.50. The van der Waals surface area contributed by atoms with E-state index in [9.17, 15) is 0 Å². The molecule has 0 N–H and O–H groups in total. The number of para-hydroxylation sites is 1. The third kappa shape index (κ3) is 3.26. The van der Waals surface area contributed by atoms with Crippen LogP contribution in [0.25, 0.3) is 33.3 Å². The topological polar surface area (TPSA) is 35.9 Å². The van der Waals surface area contributed by atoms with Crippen molar-refractivity contribution in [3.8, 4) is 23.0 Å². The van der Waals surface area contributed by atoms with Gasteiger partial charge in [0.15, 0.2) is 0 Å². The first kappa shape index (κ1) is 22.8. The van der Waals surface area contributed by atoms with Crippen LogP contribution in [0, 0.1) is 18.5 Å². The minimum absolute atomic E-state index is 0. The van der Waals surface area contributed by atoms with Crippen LogP contribution < -0.4 is 9.30 Å². The molecule has 0 saturated heterocycles. The Hall–Kier alpha value is -3.69. The Bertz CT molecular complexity index is 1780. The first-order valence-corrected chi connectivity index (χ1v) is 11.6. The van der Waals surface area contributed by atoms with Gasteiger partial charge in [-0.2, -0.15) is 18.2 Å². The number of fused-ring (bicyclic) bond motifs is 5. The van der Waals surface area contributed by atoms with Gasteiger partial charge in [-0.25, -0.2) is 4.98 Å². The van der Waals surface area contributed by atoms with Gasteiger partial charge in [-0.15, -0.1) is 29.7 Å². The molecule has 0 saturated carbocycles. The summed E-state index contributed by atoms with van der Waals surface area (Å²) in [6, 6.07) is 27.5. The van der Waals surface area contributed by atoms with Crippen molar-refractivity contribution in [2.24, 2.45) is 7.05 Å². The first-order chi connectivity index (χ1) is 17.0. The van der Waals surface area contributed by atoms with Crippen molar-refractivity contribution in [1.82, 2.24) is 14.1 Å². The average molecular weight is 650 g/mol. The molecule has 4 heterocycles. The van der Waals surface area contributed by atoms with E-state index in [1.54, 1.807) is 0 Å². The Morgan fingerprint density at radius 3 is 2.53 bits per heavy atom. The number of rotatable bonds is 3. The zero-order chi connectivity index (χ0) is 23.7. The maximum atomic E-state index is 6.25. The summed E-state index contributed by atoms with van der Waals surface area (Å²) in [6.07, 6.45) is 8.93. The van der Waals surface area contributed by atoms with Crippen LogP contribution in [0.3, 0.4) is 0 Å². The number of hydrogen-bond acceptors (Lipinski definition) is 2. The number of nitrogens with zero attached hydrogens (tertiary/aromatic N) is 4. The fraction of sp³-hybridized carbons (Fsp3) is 0.133. The molecule has 0 aliphatic carbocycles. The average Bonchev–Trinajstić information content (AvgIpc) is 3.44. The third-order valence-corrected chi connectivity index (χ3v) is 6.95. The number of imidazole rings is 1. The summed E-state index contributed by atoms with van der Waals surface area (Å²) in [5, 5.41) is 2.34. The van der Waals surface area contributed by atoms with Crippen LogP contribution in [0.5, 0.6) is 11.5 Å². The van der Waals surface area contributed by atoms with Crippen LogP contribution in [0.1, 0.15) is 25.0 Å². The molecule has 0 atom stereocenters. The van der Waals surface area contributed by atoms with Crippen molar-refractivity contribution in [3.63, 3.8) is 0 Å². The zero-order valence-electron chi connectivity index (χ0n) is 20.0. The van der Waals surface area contributed by atoms with Crippen LogP contribution in [0.4, 0.5) is 0 Å². The molecule has 6 heteroatoms. The van der Waals surface area contributed by atoms with Gasteiger partial charge in [0.2, 0.25) is 6.33 Å². The quantitative estimate of drug-likeness (QED) is 0.184. The summed E-state index contributed by atoms with van der Waals surface area (Å²) in [5.74, 6) is 2.21. The van der Waals surface area contributed by atoms with Crippen LogP contribution in [0.2, 0.25) is 0 Å². The Morgan fingerprint density at radius 1 is 0.889 bits per heavy atom. The molecule has 1 aliphatic heterocycles. The Balaban J connectivity index is 0.00000240. The normalized spacial score (nSPS) is 13.4. The molecule has 0 amide bonds. The first-order valence-electron chi connectivity index (χ1n) is 11.6. The number of benzene rings is 3. The van der Waals surface area contributed by atoms with Gasteiger partial charge in [-0.1, -0.05) is 49.3 Å². The Kier molecular flexibility index (Phi) is 5.17. The van der Waals surface area contributed by atoms with E-state index in [-0.39, 0.29) is 26.5 Å². The number of hydrogen-bond donors (Lipinski definition) is 0. The minimum Gasteiger partial charge on any atom is -0.510 e. The minimum atomic E-state index is -0.145. The van der Waals surface area contributed by atoms with Crippen molar-refractivity contribution >= 4 is 21.8 Å². The van der Waals surface area contributed by atoms with E-state index in [4.69, 9.17) is 9.72 Å². The predicted octanol–water partition coefficient (Wildman–Crippen LogP) is 5.62. The molecular weight excluding hydrogens is 627 g/mol. The van der Waals surface area contributed by atoms with Crippen molar-refractivity contribution < 1.29 is 30.4 Å². The van der Waals surface area contributed by atoms with Crippen molar-refractivity contribution in [2.45, 2.75) is 19.3 Å². The third-order valence-electron chi connectivity index (χ3n) is 6.95. The van der Waals surface area contributed by atoms with Gasteiger partial charge >= 0.3 is 0 Å². The standard InChI is InChI=1S/C30H22N4O.Pt/c1-30(2)25-10-5-9-24-23-13-12-22(18-27(23)34(28(24)25)29-26(30)11-6-14-31-29)35-21-8-4-7-20(17-21)33-16-15-32(3)19-33;/h4-16H,1-3H3;/q-2;. The van der Waals surface area contributed by atoms with Crippen LogP contribution in [-0.2, 0) is 33.5 Å². The summed E-state index contributed by atoms with van der Waals surface area (Å²) in [7, 11) is 1.94. The van der Waals surface area contributed by atoms with Gasteiger partial charge in [0.1, 0.15) is 5.82 Å². The maximum absolute atomic E-state index is 6.25. The van der Waals surface area contributed by atoms with E-state index in [0.29, 0.717) is 11.5 Å². The summed E-state index contributed by atoms with van der Waals surface area (Å²) >= 11 is 0. The van der Waals surface area contributed by atoms with Crippen molar-refractivity contribution in [1.29, 1.82) is 0 Å². The van der Waals surface area contributed by atoms with E-state index in [2.05, 4.69) is 67.2 Å². The molecule has 0 spiro atoms. The smallest absolute Gasteiger partial charge is 0.241 e. The van der Waals surface area contributed by atoms with Gasteiger partial charge < -0.3 is 18.4 Å². The second kappa shape index (κ2) is 8.18. The van der Waals surface area contributed by atoms with Crippen LogP contribution in [-0.4, -0.2) is 14.1 Å². The molecule has 0 bridgehead atoms. The van der Waals surface area contributed by atoms with Gasteiger partial charge in [-0.3, -0.25) is 0 Å². The van der Waals surface area contributed by atoms with E-state index in [0.717, 1.165) is 22.4 Å². The molecule has 0 radical (unpaired) electrons. The number of aryl methyl sites for hydroxylation is 1. The fourth-order valence-electron chi connectivity index (χ4n) is 5.25. The van der Waals surface area contributed by atoms with Gasteiger partial charge in [0.25, 0.3) is 0 Å². The molecule has 1 aliphatic rings. The molecule has 6 aromatic rings. The van der Waals surface area contributed by atoms with Gasteiger partial charge in [0, 0.05) is 67.6 Å². The molecule has 0 fully saturated rings. The summed E-state index contributed by atoms with van der Waals surface area (Å²) < 4.78 is 12.2. The van der Waals surface area contributed by atoms with E-state index >= 15 is 0 Å². The predicted molar refractivity (Wildman–Crippen MR) is 134 cm³/mol. The Labute approximate surface area is 223 Å². The Morgan fingerprint density at radius 2 is 1.69 bits per heavy atom. The number of ether oxygens (including phenoxy) is 1. The number of pyridine rings is 1. The zero-order valence-corrected chi connectivity index (χ0v) is 22.3. The van der Waals surface area contributed by atoms with E-state index in [1.807, 2.05) is 65.1 Å². The van der Waals surface area contributed by atoms with E-state index < -0.39 is 0 Å². The van der Waals surface area contributed by atoms with Gasteiger partial charge in [-0.05, 0) is 17.0 Å². The summed E-state index contributed by atoms with van der Waals surface area (Å²) in [4.78, 5) is 4.81. The summed E-state index contributed by atoms with van der Waals surface area (Å²) in [6.45, 7) is 4.54. The second-order valence-corrected chi connectivity index (χ2v) is 9.50. The fourth-order valence-corrected chi connectivity index (χ4v) is 5.25. The van der Waals surface area contributed by atoms with E-state index in [1.165, 1.54) is 22.0 Å². The van der Waals surface area contributed by atoms with Crippen molar-refractivity contribution in [2.75, 3.05) is 0 Å². The largest absolute Gasteiger partial charge is 0.510 e. The molecular formula is C30H22N4OPt-2. The molecule has 7 rings (SSSR count). The maximum Gasteiger partial charge on any atom is 0.241 e. The van der Waals surface area contributed by atoms with Crippen molar-refractivity contribution in [3.05, 3.63) is 109 Å². The van der Waals surface area contributed by atoms with Gasteiger partial charge in [0.05, 0.1) is 7.05 Å². The SMILES string of the molecule is C[n+]1[c-]n(-c2[c-]c(Oc3[c-]c4c(cc3)c3cccc5c3n4-c3ncccc3C5(C)C)ccc2)cc1.[Pt]. The molecule has 3 aromatic carbocycles. The monoisotopic (exact) mass is 649 g/mol.